The first-order valence-corrected chi connectivity index (χ1v) is 11.6. The number of nitrogens with one attached hydrogen (secondary N) is 2. The smallest absolute Gasteiger partial charge is 0.258 e. The average Bonchev–Trinajstić information content (AvgIpc) is 3.22. The highest BCUT2D eigenvalue weighted by atomic mass is 35.5. The molecule has 0 bridgehead atoms. The van der Waals surface area contributed by atoms with Crippen molar-refractivity contribution >= 4 is 74.0 Å². The van der Waals surface area contributed by atoms with Crippen molar-refractivity contribution in [2.45, 2.75) is 6.42 Å². The quantitative estimate of drug-likeness (QED) is 0.257. The van der Waals surface area contributed by atoms with Crippen LogP contribution < -0.4 is 10.6 Å². The van der Waals surface area contributed by atoms with Gasteiger partial charge in [-0.3, -0.25) is 10.1 Å². The topological polar surface area (TPSA) is 67.2 Å². The Bertz CT molecular complexity index is 1540. The van der Waals surface area contributed by atoms with Crippen molar-refractivity contribution in [1.29, 1.82) is 0 Å². The third-order valence-corrected chi connectivity index (χ3v) is 5.99. The van der Waals surface area contributed by atoms with Crippen LogP contribution in [-0.2, 0) is 6.42 Å². The number of fused-ring (bicyclic) bond motifs is 2. The van der Waals surface area contributed by atoms with Gasteiger partial charge in [0.05, 0.1) is 5.02 Å². The van der Waals surface area contributed by atoms with Crippen LogP contribution in [0.1, 0.15) is 21.8 Å². The van der Waals surface area contributed by atoms with Gasteiger partial charge in [-0.25, -0.2) is 4.98 Å². The normalized spacial score (nSPS) is 11.0. The number of halogens is 2. The predicted octanol–water partition coefficient (Wildman–Crippen LogP) is 7.01. The van der Waals surface area contributed by atoms with Crippen molar-refractivity contribution in [3.05, 3.63) is 106 Å². The van der Waals surface area contributed by atoms with Crippen LogP contribution in [0.2, 0.25) is 10.0 Å². The minimum Gasteiger partial charge on any atom is -0.439 e. The maximum atomic E-state index is 12.8. The van der Waals surface area contributed by atoms with Gasteiger partial charge >= 0.3 is 0 Å². The van der Waals surface area contributed by atoms with E-state index in [9.17, 15) is 4.79 Å². The van der Waals surface area contributed by atoms with E-state index >= 15 is 0 Å². The molecule has 5 aromatic rings. The van der Waals surface area contributed by atoms with Gasteiger partial charge in [-0.15, -0.1) is 0 Å². The van der Waals surface area contributed by atoms with Crippen LogP contribution in [0.5, 0.6) is 0 Å². The highest BCUT2D eigenvalue weighted by Crippen LogP contribution is 2.29. The van der Waals surface area contributed by atoms with Crippen LogP contribution in [0.25, 0.3) is 21.9 Å². The van der Waals surface area contributed by atoms with E-state index < -0.39 is 0 Å². The first-order chi connectivity index (χ1) is 16.5. The Hall–Kier alpha value is -3.45. The number of carbonyl (C=O) groups excluding carboxylic acids is 1. The Morgan fingerprint density at radius 2 is 1.74 bits per heavy atom. The van der Waals surface area contributed by atoms with Gasteiger partial charge in [-0.1, -0.05) is 71.7 Å². The van der Waals surface area contributed by atoms with Crippen molar-refractivity contribution in [2.24, 2.45) is 0 Å². The molecule has 0 fully saturated rings. The molecule has 0 saturated carbocycles. The summed E-state index contributed by atoms with van der Waals surface area (Å²) in [6, 6.07) is 24.3. The fraction of sp³-hybridized carbons (Fsp3) is 0.0385. The molecule has 0 radical (unpaired) electrons. The van der Waals surface area contributed by atoms with E-state index in [0.717, 1.165) is 22.0 Å². The molecule has 0 atom stereocenters. The summed E-state index contributed by atoms with van der Waals surface area (Å²) in [5.41, 5.74) is 3.45. The number of oxazole rings is 1. The zero-order chi connectivity index (χ0) is 23.7. The van der Waals surface area contributed by atoms with E-state index in [1.54, 1.807) is 18.2 Å². The average molecular weight is 506 g/mol. The summed E-state index contributed by atoms with van der Waals surface area (Å²) >= 11 is 17.6. The number of nitrogens with zero attached hydrogens (tertiary/aromatic N) is 1. The maximum absolute atomic E-state index is 12.8. The van der Waals surface area contributed by atoms with Gasteiger partial charge in [0, 0.05) is 22.7 Å². The second-order valence-electron chi connectivity index (χ2n) is 7.65. The number of amides is 1. The van der Waals surface area contributed by atoms with Crippen molar-refractivity contribution in [3.8, 4) is 0 Å². The van der Waals surface area contributed by atoms with Gasteiger partial charge in [0.25, 0.3) is 5.91 Å². The third-order valence-electron chi connectivity index (χ3n) is 5.28. The zero-order valence-corrected chi connectivity index (χ0v) is 20.0. The van der Waals surface area contributed by atoms with Crippen molar-refractivity contribution in [2.75, 3.05) is 5.32 Å². The number of hydrogen-bond acceptors (Lipinski definition) is 4. The molecule has 34 heavy (non-hydrogen) atoms. The lowest BCUT2D eigenvalue weighted by Gasteiger charge is -2.11. The van der Waals surface area contributed by atoms with Crippen molar-refractivity contribution in [3.63, 3.8) is 0 Å². The molecule has 1 heterocycles. The first-order valence-electron chi connectivity index (χ1n) is 10.4. The molecule has 5 nitrogen and oxygen atoms in total. The summed E-state index contributed by atoms with van der Waals surface area (Å²) in [5, 5.41) is 8.82. The van der Waals surface area contributed by atoms with E-state index in [2.05, 4.69) is 15.6 Å². The van der Waals surface area contributed by atoms with Gasteiger partial charge in [0.15, 0.2) is 16.6 Å². The van der Waals surface area contributed by atoms with Crippen LogP contribution in [0, 0.1) is 0 Å². The zero-order valence-electron chi connectivity index (χ0n) is 17.6. The summed E-state index contributed by atoms with van der Waals surface area (Å²) in [6.45, 7) is 0. The summed E-state index contributed by atoms with van der Waals surface area (Å²) < 4.78 is 5.78. The summed E-state index contributed by atoms with van der Waals surface area (Å²) in [5.74, 6) is 0.276. The van der Waals surface area contributed by atoms with Crippen LogP contribution in [-0.4, -0.2) is 16.0 Å². The second-order valence-corrected chi connectivity index (χ2v) is 8.90. The Morgan fingerprint density at radius 3 is 2.56 bits per heavy atom. The molecule has 5 rings (SSSR count). The Morgan fingerprint density at radius 1 is 0.971 bits per heavy atom. The van der Waals surface area contributed by atoms with Gasteiger partial charge in [-0.05, 0) is 58.9 Å². The van der Waals surface area contributed by atoms with Gasteiger partial charge < -0.3 is 9.73 Å². The van der Waals surface area contributed by atoms with Crippen LogP contribution >= 0.6 is 35.4 Å². The van der Waals surface area contributed by atoms with Crippen LogP contribution in [0.4, 0.5) is 5.69 Å². The third kappa shape index (κ3) is 4.75. The van der Waals surface area contributed by atoms with Crippen LogP contribution in [0.15, 0.2) is 83.3 Å². The fourth-order valence-electron chi connectivity index (χ4n) is 3.72. The van der Waals surface area contributed by atoms with E-state index in [1.165, 1.54) is 0 Å². The molecular weight excluding hydrogens is 489 g/mol. The highest BCUT2D eigenvalue weighted by Gasteiger charge is 2.13. The molecule has 0 aliphatic carbocycles. The molecule has 0 saturated heterocycles. The lowest BCUT2D eigenvalue weighted by Crippen LogP contribution is -2.34. The Balaban J connectivity index is 1.24. The molecule has 2 N–H and O–H groups in total. The number of aromatic nitrogens is 1. The van der Waals surface area contributed by atoms with Gasteiger partial charge in [0.1, 0.15) is 5.52 Å². The second kappa shape index (κ2) is 9.43. The standard InChI is InChI=1S/C26H17Cl2N3O2S/c27-17-13-21(28)24-22(14-17)30-23(33-24)12-15-8-10-18(11-9-15)29-26(34)31-25(32)20-7-3-5-16-4-1-2-6-19(16)20/h1-11,13-14H,12H2,(H2,29,31,32,34). The monoisotopic (exact) mass is 505 g/mol. The molecule has 0 aliphatic rings. The minimum atomic E-state index is -0.263. The number of thiocarbonyl (C=S) groups is 1. The molecule has 1 amide bonds. The molecule has 0 aliphatic heterocycles. The lowest BCUT2D eigenvalue weighted by atomic mass is 10.0. The minimum absolute atomic E-state index is 0.219. The van der Waals surface area contributed by atoms with E-state index in [4.69, 9.17) is 39.8 Å². The maximum Gasteiger partial charge on any atom is 0.258 e. The van der Waals surface area contributed by atoms with Gasteiger partial charge in [0.2, 0.25) is 0 Å². The molecule has 0 unspecified atom stereocenters. The fourth-order valence-corrected chi connectivity index (χ4v) is 4.45. The lowest BCUT2D eigenvalue weighted by molar-refractivity contribution is 0.0979. The first kappa shape index (κ1) is 22.3. The Labute approximate surface area is 210 Å². The number of carbonyl (C=O) groups is 1. The largest absolute Gasteiger partial charge is 0.439 e. The molecule has 0 spiro atoms. The molecular formula is C26H17Cl2N3O2S. The summed E-state index contributed by atoms with van der Waals surface area (Å²) in [7, 11) is 0. The predicted molar refractivity (Wildman–Crippen MR) is 141 cm³/mol. The Kier molecular flexibility index (Phi) is 6.20. The highest BCUT2D eigenvalue weighted by molar-refractivity contribution is 7.80. The summed E-state index contributed by atoms with van der Waals surface area (Å²) in [6.07, 6.45) is 0.491. The van der Waals surface area contributed by atoms with Crippen LogP contribution in [0.3, 0.4) is 0 Å². The number of rotatable bonds is 4. The van der Waals surface area contributed by atoms with E-state index in [-0.39, 0.29) is 11.0 Å². The molecule has 4 aromatic carbocycles. The molecule has 8 heteroatoms. The summed E-state index contributed by atoms with van der Waals surface area (Å²) in [4.78, 5) is 17.2. The molecule has 1 aromatic heterocycles. The SMILES string of the molecule is O=C(NC(=S)Nc1ccc(Cc2nc3cc(Cl)cc(Cl)c3o2)cc1)c1cccc2ccccc12. The van der Waals surface area contributed by atoms with Crippen molar-refractivity contribution in [1.82, 2.24) is 10.3 Å². The number of benzene rings is 4. The molecule has 168 valence electrons. The van der Waals surface area contributed by atoms with E-state index in [1.807, 2.05) is 60.7 Å². The van der Waals surface area contributed by atoms with E-state index in [0.29, 0.717) is 39.0 Å². The number of anilines is 1. The van der Waals surface area contributed by atoms with Crippen molar-refractivity contribution < 1.29 is 9.21 Å². The number of hydrogen-bond donors (Lipinski definition) is 2. The van der Waals surface area contributed by atoms with Gasteiger partial charge in [-0.2, -0.15) is 0 Å².